The number of fused-ring (bicyclic) bond motifs is 1. The zero-order valence-electron chi connectivity index (χ0n) is 15.8. The Morgan fingerprint density at radius 2 is 1.85 bits per heavy atom. The molecule has 5 nitrogen and oxygen atoms in total. The number of halogens is 1. The molecule has 1 aliphatic carbocycles. The molecule has 0 saturated heterocycles. The maximum Gasteiger partial charge on any atom is 0.254 e. The van der Waals surface area contributed by atoms with Crippen LogP contribution in [0.5, 0.6) is 0 Å². The Labute approximate surface area is 159 Å². The molecular formula is C20H23FN2O3S. The molecule has 2 aromatic rings. The molecule has 0 aliphatic heterocycles. The first-order valence-corrected chi connectivity index (χ1v) is 10.1. The first-order valence-electron chi connectivity index (χ1n) is 8.66. The summed E-state index contributed by atoms with van der Waals surface area (Å²) in [4.78, 5) is 12.6. The molecule has 0 saturated carbocycles. The molecule has 1 N–H and O–H groups in total. The van der Waals surface area contributed by atoms with E-state index in [2.05, 4.69) is 19.2 Å². The fourth-order valence-electron chi connectivity index (χ4n) is 3.56. The molecule has 0 radical (unpaired) electrons. The summed E-state index contributed by atoms with van der Waals surface area (Å²) in [5.41, 5.74) is 1.77. The Morgan fingerprint density at radius 3 is 2.52 bits per heavy atom. The predicted octanol–water partition coefficient (Wildman–Crippen LogP) is 3.23. The van der Waals surface area contributed by atoms with Crippen molar-refractivity contribution in [1.29, 1.82) is 0 Å². The van der Waals surface area contributed by atoms with Gasteiger partial charge in [-0.15, -0.1) is 0 Å². The van der Waals surface area contributed by atoms with E-state index in [-0.39, 0.29) is 21.9 Å². The molecule has 0 fully saturated rings. The number of benzene rings is 2. The minimum Gasteiger partial charge on any atom is -0.345 e. The van der Waals surface area contributed by atoms with Gasteiger partial charge in [-0.05, 0) is 41.2 Å². The van der Waals surface area contributed by atoms with Crippen LogP contribution in [0.15, 0.2) is 47.4 Å². The number of nitrogens with one attached hydrogen (secondary N) is 1. The molecule has 2 aromatic carbocycles. The number of hydrogen-bond acceptors (Lipinski definition) is 3. The van der Waals surface area contributed by atoms with Crippen LogP contribution in [-0.2, 0) is 15.4 Å². The molecule has 7 heteroatoms. The third-order valence-electron chi connectivity index (χ3n) is 5.05. The smallest absolute Gasteiger partial charge is 0.254 e. The van der Waals surface area contributed by atoms with Crippen molar-refractivity contribution in [2.45, 2.75) is 36.6 Å². The number of sulfonamides is 1. The molecule has 1 unspecified atom stereocenters. The van der Waals surface area contributed by atoms with Crippen molar-refractivity contribution in [3.8, 4) is 0 Å². The van der Waals surface area contributed by atoms with Gasteiger partial charge >= 0.3 is 0 Å². The molecular weight excluding hydrogens is 367 g/mol. The van der Waals surface area contributed by atoms with Crippen molar-refractivity contribution < 1.29 is 17.6 Å². The van der Waals surface area contributed by atoms with E-state index in [1.54, 1.807) is 0 Å². The summed E-state index contributed by atoms with van der Waals surface area (Å²) >= 11 is 0. The molecule has 0 spiro atoms. The third kappa shape index (κ3) is 3.49. The van der Waals surface area contributed by atoms with E-state index in [0.29, 0.717) is 6.42 Å². The number of hydrogen-bond donors (Lipinski definition) is 1. The standard InChI is InChI=1S/C20H23FN2O3S/c1-20(2)12-18(14-7-5-6-8-16(14)20)22-19(24)15-11-13(9-10-17(15)21)27(25,26)23(3)4/h5-11,18H,12H2,1-4H3,(H,22,24). The highest BCUT2D eigenvalue weighted by Gasteiger charge is 2.37. The second kappa shape index (κ2) is 6.73. The lowest BCUT2D eigenvalue weighted by molar-refractivity contribution is 0.0930. The Morgan fingerprint density at radius 1 is 1.19 bits per heavy atom. The van der Waals surface area contributed by atoms with Gasteiger partial charge in [-0.25, -0.2) is 17.1 Å². The molecule has 1 amide bonds. The Kier molecular flexibility index (Phi) is 4.86. The van der Waals surface area contributed by atoms with Crippen molar-refractivity contribution >= 4 is 15.9 Å². The van der Waals surface area contributed by atoms with E-state index in [9.17, 15) is 17.6 Å². The van der Waals surface area contributed by atoms with Crippen molar-refractivity contribution in [2.24, 2.45) is 0 Å². The normalized spacial score (nSPS) is 18.4. The molecule has 0 heterocycles. The van der Waals surface area contributed by atoms with E-state index >= 15 is 0 Å². The topological polar surface area (TPSA) is 66.5 Å². The second-order valence-corrected chi connectivity index (χ2v) is 9.78. The first-order chi connectivity index (χ1) is 12.5. The molecule has 1 aliphatic rings. The predicted molar refractivity (Wildman–Crippen MR) is 102 cm³/mol. The van der Waals surface area contributed by atoms with Crippen LogP contribution in [0, 0.1) is 5.82 Å². The van der Waals surface area contributed by atoms with E-state index in [1.165, 1.54) is 14.1 Å². The van der Waals surface area contributed by atoms with Gasteiger partial charge in [0.15, 0.2) is 0 Å². The molecule has 27 heavy (non-hydrogen) atoms. The average Bonchev–Trinajstić information content (AvgIpc) is 2.85. The third-order valence-corrected chi connectivity index (χ3v) is 6.86. The van der Waals surface area contributed by atoms with Gasteiger partial charge in [0.25, 0.3) is 5.91 Å². The number of carbonyl (C=O) groups excluding carboxylic acids is 1. The van der Waals surface area contributed by atoms with Crippen LogP contribution in [0.4, 0.5) is 4.39 Å². The SMILES string of the molecule is CN(C)S(=O)(=O)c1ccc(F)c(C(=O)NC2CC(C)(C)c3ccccc32)c1. The van der Waals surface area contributed by atoms with Gasteiger partial charge in [0, 0.05) is 14.1 Å². The van der Waals surface area contributed by atoms with Gasteiger partial charge in [0.2, 0.25) is 10.0 Å². The van der Waals surface area contributed by atoms with E-state index in [4.69, 9.17) is 0 Å². The largest absolute Gasteiger partial charge is 0.345 e. The zero-order valence-corrected chi connectivity index (χ0v) is 16.6. The van der Waals surface area contributed by atoms with Crippen molar-refractivity contribution in [2.75, 3.05) is 14.1 Å². The summed E-state index contributed by atoms with van der Waals surface area (Å²) in [7, 11) is -0.988. The van der Waals surface area contributed by atoms with E-state index in [0.717, 1.165) is 33.6 Å². The highest BCUT2D eigenvalue weighted by molar-refractivity contribution is 7.89. The summed E-state index contributed by atoms with van der Waals surface area (Å²) < 4.78 is 39.9. The van der Waals surface area contributed by atoms with Crippen LogP contribution in [0.1, 0.15) is 47.8 Å². The fourth-order valence-corrected chi connectivity index (χ4v) is 4.49. The number of rotatable bonds is 4. The van der Waals surface area contributed by atoms with E-state index < -0.39 is 21.7 Å². The van der Waals surface area contributed by atoms with Crippen molar-refractivity contribution in [3.05, 3.63) is 65.0 Å². The van der Waals surface area contributed by atoms with Crippen LogP contribution in [0.25, 0.3) is 0 Å². The lowest BCUT2D eigenvalue weighted by Crippen LogP contribution is -2.29. The van der Waals surface area contributed by atoms with Gasteiger partial charge in [-0.1, -0.05) is 38.1 Å². The van der Waals surface area contributed by atoms with Gasteiger partial charge in [-0.3, -0.25) is 4.79 Å². The van der Waals surface area contributed by atoms with Gasteiger partial charge < -0.3 is 5.32 Å². The lowest BCUT2D eigenvalue weighted by atomic mass is 9.86. The Bertz CT molecular complexity index is 1000. The first kappa shape index (κ1) is 19.5. The summed E-state index contributed by atoms with van der Waals surface area (Å²) in [5, 5.41) is 2.87. The average molecular weight is 390 g/mol. The molecule has 0 aromatic heterocycles. The van der Waals surface area contributed by atoms with Gasteiger partial charge in [-0.2, -0.15) is 0 Å². The maximum absolute atomic E-state index is 14.3. The fraction of sp³-hybridized carbons (Fsp3) is 0.350. The number of amides is 1. The zero-order chi connectivity index (χ0) is 20.0. The summed E-state index contributed by atoms with van der Waals surface area (Å²) in [6, 6.07) is 10.9. The number of carbonyl (C=O) groups is 1. The monoisotopic (exact) mass is 390 g/mol. The molecule has 0 bridgehead atoms. The summed E-state index contributed by atoms with van der Waals surface area (Å²) in [5.74, 6) is -1.38. The Hall–Kier alpha value is -2.25. The minimum atomic E-state index is -3.76. The highest BCUT2D eigenvalue weighted by atomic mass is 32.2. The van der Waals surface area contributed by atoms with Crippen molar-refractivity contribution in [3.63, 3.8) is 0 Å². The number of nitrogens with zero attached hydrogens (tertiary/aromatic N) is 1. The van der Waals surface area contributed by atoms with Crippen LogP contribution < -0.4 is 5.32 Å². The molecule has 3 rings (SSSR count). The minimum absolute atomic E-state index is 0.108. The van der Waals surface area contributed by atoms with Gasteiger partial charge in [0.05, 0.1) is 16.5 Å². The van der Waals surface area contributed by atoms with Crippen LogP contribution in [-0.4, -0.2) is 32.7 Å². The maximum atomic E-state index is 14.3. The van der Waals surface area contributed by atoms with Gasteiger partial charge in [0.1, 0.15) is 5.82 Å². The quantitative estimate of drug-likeness (QED) is 0.872. The highest BCUT2D eigenvalue weighted by Crippen LogP contribution is 2.44. The second-order valence-electron chi connectivity index (χ2n) is 7.63. The summed E-state index contributed by atoms with van der Waals surface area (Å²) in [6.07, 6.45) is 0.690. The van der Waals surface area contributed by atoms with Crippen LogP contribution >= 0.6 is 0 Å². The van der Waals surface area contributed by atoms with Crippen LogP contribution in [0.2, 0.25) is 0 Å². The Balaban J connectivity index is 1.92. The van der Waals surface area contributed by atoms with Crippen molar-refractivity contribution in [1.82, 2.24) is 9.62 Å². The lowest BCUT2D eigenvalue weighted by Gasteiger charge is -2.19. The van der Waals surface area contributed by atoms with E-state index in [1.807, 2.05) is 24.3 Å². The molecule has 1 atom stereocenters. The van der Waals surface area contributed by atoms with Crippen LogP contribution in [0.3, 0.4) is 0 Å². The molecule has 144 valence electrons. The summed E-state index contributed by atoms with van der Waals surface area (Å²) in [6.45, 7) is 4.20.